The molecule has 0 aliphatic rings. The van der Waals surface area contributed by atoms with Crippen LogP contribution >= 0.6 is 45.3 Å². The van der Waals surface area contributed by atoms with Crippen molar-refractivity contribution in [3.8, 4) is 43.8 Å². The van der Waals surface area contributed by atoms with Crippen LogP contribution in [0.3, 0.4) is 0 Å². The summed E-state index contributed by atoms with van der Waals surface area (Å²) in [6, 6.07) is 40.6. The van der Waals surface area contributed by atoms with E-state index in [9.17, 15) is 30.6 Å². The summed E-state index contributed by atoms with van der Waals surface area (Å²) in [6.07, 6.45) is 0. The van der Waals surface area contributed by atoms with E-state index in [0.29, 0.717) is 31.9 Å². The van der Waals surface area contributed by atoms with Crippen molar-refractivity contribution in [3.05, 3.63) is 131 Å². The van der Waals surface area contributed by atoms with Crippen LogP contribution in [0, 0.1) is 45.3 Å². The molecule has 0 N–H and O–H groups in total. The van der Waals surface area contributed by atoms with Gasteiger partial charge in [-0.1, -0.05) is 60.7 Å². The van der Waals surface area contributed by atoms with Gasteiger partial charge in [-0.15, -0.1) is 45.3 Å². The number of ether oxygens (including phenoxy) is 2. The first-order chi connectivity index (χ1) is 28.3. The second-order valence-electron chi connectivity index (χ2n) is 12.4. The molecule has 0 amide bonds. The number of nitriles is 4. The fraction of sp³-hybridized carbons (Fsp3) is 0.0455. The van der Waals surface area contributed by atoms with Gasteiger partial charge >= 0.3 is 11.9 Å². The SMILES string of the molecule is N#CC(C#N)=Nc1ccc(-c2cc3c(C(=O)OCc4ccccc4)cc4c(cc(C(=O)OCc5ccccc5)c5cc(-c6ccc(N=C(C#N)C#N)s6)sc54)c3s2)s1. The van der Waals surface area contributed by atoms with Gasteiger partial charge in [-0.2, -0.15) is 21.0 Å². The molecule has 0 saturated carbocycles. The Labute approximate surface area is 346 Å². The monoisotopic (exact) mass is 826 g/mol. The van der Waals surface area contributed by atoms with Crippen molar-refractivity contribution >= 4 is 110 Å². The summed E-state index contributed by atoms with van der Waals surface area (Å²) in [6.45, 7) is 0.131. The number of aliphatic imine (C=N–C) groups is 2. The van der Waals surface area contributed by atoms with Gasteiger partial charge in [-0.05, 0) is 59.7 Å². The Morgan fingerprint density at radius 2 is 0.879 bits per heavy atom. The second kappa shape index (κ2) is 16.4. The van der Waals surface area contributed by atoms with Crippen molar-refractivity contribution in [2.45, 2.75) is 13.2 Å². The van der Waals surface area contributed by atoms with E-state index in [1.807, 2.05) is 97.1 Å². The number of carbonyl (C=O) groups excluding carboxylic acids is 2. The summed E-state index contributed by atoms with van der Waals surface area (Å²) in [7, 11) is 0. The first kappa shape index (κ1) is 37.6. The van der Waals surface area contributed by atoms with Crippen LogP contribution in [0.2, 0.25) is 0 Å². The first-order valence-corrected chi connectivity index (χ1v) is 20.5. The molecule has 8 rings (SSSR count). The van der Waals surface area contributed by atoms with E-state index in [1.165, 1.54) is 45.3 Å². The topological polar surface area (TPSA) is 172 Å². The molecule has 0 aliphatic heterocycles. The molecule has 58 heavy (non-hydrogen) atoms. The van der Waals surface area contributed by atoms with Crippen molar-refractivity contribution in [1.82, 2.24) is 0 Å². The van der Waals surface area contributed by atoms with Gasteiger partial charge in [0.05, 0.1) is 11.1 Å². The normalized spacial score (nSPS) is 10.6. The van der Waals surface area contributed by atoms with Crippen LogP contribution in [-0.4, -0.2) is 23.4 Å². The number of nitrogens with zero attached hydrogens (tertiary/aromatic N) is 6. The van der Waals surface area contributed by atoms with E-state index in [0.717, 1.165) is 50.8 Å². The van der Waals surface area contributed by atoms with Gasteiger partial charge in [0, 0.05) is 50.5 Å². The molecule has 276 valence electrons. The van der Waals surface area contributed by atoms with Crippen molar-refractivity contribution in [2.24, 2.45) is 9.98 Å². The number of carbonyl (C=O) groups is 2. The molecule has 0 bridgehead atoms. The van der Waals surface area contributed by atoms with Gasteiger partial charge in [0.15, 0.2) is 0 Å². The Hall–Kier alpha value is -7.30. The fourth-order valence-electron chi connectivity index (χ4n) is 6.15. The largest absolute Gasteiger partial charge is 0.457 e. The van der Waals surface area contributed by atoms with Crippen molar-refractivity contribution in [1.29, 1.82) is 21.0 Å². The Morgan fingerprint density at radius 1 is 0.483 bits per heavy atom. The number of rotatable bonds is 10. The molecule has 14 heteroatoms. The third-order valence-corrected chi connectivity index (χ3v) is 13.5. The Kier molecular flexibility index (Phi) is 10.7. The molecule has 0 fully saturated rings. The molecule has 4 heterocycles. The molecule has 0 unspecified atom stereocenters. The van der Waals surface area contributed by atoms with Gasteiger partial charge in [-0.3, -0.25) is 0 Å². The van der Waals surface area contributed by atoms with E-state index in [1.54, 1.807) is 36.4 Å². The summed E-state index contributed by atoms with van der Waals surface area (Å²) < 4.78 is 13.3. The lowest BCUT2D eigenvalue weighted by Crippen LogP contribution is -2.07. The van der Waals surface area contributed by atoms with Crippen LogP contribution in [0.15, 0.2) is 119 Å². The quantitative estimate of drug-likeness (QED) is 0.0967. The highest BCUT2D eigenvalue weighted by Crippen LogP contribution is 2.48. The number of fused-ring (bicyclic) bond motifs is 5. The molecular weight excluding hydrogens is 805 g/mol. The highest BCUT2D eigenvalue weighted by Gasteiger charge is 2.25. The molecule has 0 radical (unpaired) electrons. The van der Waals surface area contributed by atoms with E-state index < -0.39 is 11.9 Å². The van der Waals surface area contributed by atoms with Crippen LogP contribution < -0.4 is 0 Å². The predicted molar refractivity (Wildman–Crippen MR) is 229 cm³/mol. The average Bonchev–Trinajstić information content (AvgIpc) is 4.10. The second-order valence-corrected chi connectivity index (χ2v) is 16.6. The molecule has 0 aliphatic carbocycles. The minimum Gasteiger partial charge on any atom is -0.457 e. The van der Waals surface area contributed by atoms with E-state index in [4.69, 9.17) is 9.47 Å². The van der Waals surface area contributed by atoms with Gasteiger partial charge in [-0.25, -0.2) is 19.6 Å². The third-order valence-electron chi connectivity index (χ3n) is 8.80. The molecular formula is C44H22N6O4S4. The van der Waals surface area contributed by atoms with Crippen LogP contribution in [0.25, 0.3) is 50.5 Å². The van der Waals surface area contributed by atoms with E-state index in [-0.39, 0.29) is 24.6 Å². The number of hydrogen-bond donors (Lipinski definition) is 0. The summed E-state index contributed by atoms with van der Waals surface area (Å²) >= 11 is 5.47. The number of benzene rings is 4. The number of thiophene rings is 4. The lowest BCUT2D eigenvalue weighted by atomic mass is 9.98. The van der Waals surface area contributed by atoms with Gasteiger partial charge in [0.1, 0.15) is 47.5 Å². The standard InChI is InChI=1S/C44H22N6O4S4/c45-19-27(20-46)49-39-13-11-35(55-39)37-17-31-33(43(51)53-23-25-7-3-1-4-8-25)15-29-30(41(31)57-37)16-34(44(52)54-24-26-9-5-2-6-10-26)32-18-38(58-42(29)32)36-12-14-40(56-36)50-28(21-47)22-48/h1-18H,23-24H2. The molecule has 0 spiro atoms. The Morgan fingerprint density at radius 3 is 1.26 bits per heavy atom. The lowest BCUT2D eigenvalue weighted by Gasteiger charge is -2.11. The van der Waals surface area contributed by atoms with Crippen LogP contribution in [0.1, 0.15) is 31.8 Å². The fourth-order valence-corrected chi connectivity index (χ4v) is 10.5. The van der Waals surface area contributed by atoms with Crippen molar-refractivity contribution in [2.75, 3.05) is 0 Å². The van der Waals surface area contributed by atoms with Crippen LogP contribution in [0.5, 0.6) is 0 Å². The van der Waals surface area contributed by atoms with Crippen LogP contribution in [-0.2, 0) is 22.7 Å². The molecule has 8 aromatic rings. The summed E-state index contributed by atoms with van der Waals surface area (Å²) in [5.41, 5.74) is 1.84. The summed E-state index contributed by atoms with van der Waals surface area (Å²) in [5.74, 6) is -1.04. The maximum atomic E-state index is 14.1. The highest BCUT2D eigenvalue weighted by atomic mass is 32.1. The first-order valence-electron chi connectivity index (χ1n) is 17.2. The average molecular weight is 827 g/mol. The number of hydrogen-bond acceptors (Lipinski definition) is 14. The van der Waals surface area contributed by atoms with E-state index >= 15 is 0 Å². The lowest BCUT2D eigenvalue weighted by molar-refractivity contribution is 0.0466. The predicted octanol–water partition coefficient (Wildman–Crippen LogP) is 11.7. The molecule has 0 saturated heterocycles. The zero-order valence-electron chi connectivity index (χ0n) is 29.8. The molecule has 4 aromatic heterocycles. The smallest absolute Gasteiger partial charge is 0.339 e. The Bertz CT molecular complexity index is 2920. The van der Waals surface area contributed by atoms with Crippen molar-refractivity contribution < 1.29 is 19.1 Å². The third kappa shape index (κ3) is 7.61. The highest BCUT2D eigenvalue weighted by molar-refractivity contribution is 7.29. The minimum atomic E-state index is -0.521. The maximum Gasteiger partial charge on any atom is 0.339 e. The van der Waals surface area contributed by atoms with E-state index in [2.05, 4.69) is 9.98 Å². The zero-order valence-corrected chi connectivity index (χ0v) is 33.0. The molecule has 0 atom stereocenters. The van der Waals surface area contributed by atoms with Gasteiger partial charge < -0.3 is 9.47 Å². The van der Waals surface area contributed by atoms with Gasteiger partial charge in [0.2, 0.25) is 11.4 Å². The minimum absolute atomic E-state index is 0.0653. The number of esters is 2. The van der Waals surface area contributed by atoms with Crippen molar-refractivity contribution in [3.63, 3.8) is 0 Å². The van der Waals surface area contributed by atoms with Crippen LogP contribution in [0.4, 0.5) is 10.0 Å². The molecule has 4 aromatic carbocycles. The van der Waals surface area contributed by atoms with Gasteiger partial charge in [0.25, 0.3) is 0 Å². The summed E-state index contributed by atoms with van der Waals surface area (Å²) in [5, 5.41) is 40.7. The maximum absolute atomic E-state index is 14.1. The molecule has 10 nitrogen and oxygen atoms in total. The Balaban J connectivity index is 1.33. The summed E-state index contributed by atoms with van der Waals surface area (Å²) in [4.78, 5) is 39.7. The zero-order chi connectivity index (χ0) is 40.2.